The smallest absolute Gasteiger partial charge is 0.142 e. The maximum Gasteiger partial charge on any atom is 0.142 e. The van der Waals surface area contributed by atoms with Crippen LogP contribution in [0.25, 0.3) is 43.8 Å². The van der Waals surface area contributed by atoms with Gasteiger partial charge in [0.25, 0.3) is 0 Å². The van der Waals surface area contributed by atoms with Gasteiger partial charge in [-0.15, -0.1) is 0 Å². The molecule has 0 bridgehead atoms. The van der Waals surface area contributed by atoms with Crippen molar-refractivity contribution in [3.63, 3.8) is 0 Å². The quantitative estimate of drug-likeness (QED) is 0.0470. The van der Waals surface area contributed by atoms with Gasteiger partial charge in [0.1, 0.15) is 12.4 Å². The van der Waals surface area contributed by atoms with E-state index in [9.17, 15) is 0 Å². The van der Waals surface area contributed by atoms with Gasteiger partial charge in [-0.2, -0.15) is 0 Å². The molecule has 0 heterocycles. The second-order valence-electron chi connectivity index (χ2n) is 17.6. The van der Waals surface area contributed by atoms with E-state index >= 15 is 0 Å². The number of hydrogen-bond acceptors (Lipinski definition) is 9. The molecule has 1 aliphatic carbocycles. The third kappa shape index (κ3) is 10.7. The fourth-order valence-corrected chi connectivity index (χ4v) is 9.38. The minimum absolute atomic E-state index is 0.00773. The third-order valence-corrected chi connectivity index (χ3v) is 12.8. The predicted octanol–water partition coefficient (Wildman–Crippen LogP) is 10.6. The van der Waals surface area contributed by atoms with Gasteiger partial charge < -0.3 is 43.2 Å². The van der Waals surface area contributed by atoms with Crippen molar-refractivity contribution in [1.29, 1.82) is 0 Å². The SMILES string of the molecule is COCCOCCOCCOc1ccc(C2(c3ccc(COCCOCCOCCO)c(C)c3)c3cc(C)ccc3-c3ccc(-c4ccc5cc6cc(C)ccc6cc5c4)cc32)cc1N(C)C. The van der Waals surface area contributed by atoms with E-state index in [1.165, 1.54) is 71.6 Å². The molecule has 350 valence electrons. The maximum absolute atomic E-state index is 8.94. The summed E-state index contributed by atoms with van der Waals surface area (Å²) in [5.74, 6) is 0.796. The molecule has 1 N–H and O–H groups in total. The van der Waals surface area contributed by atoms with E-state index < -0.39 is 5.41 Å². The Kier molecular flexibility index (Phi) is 16.0. The lowest BCUT2D eigenvalue weighted by molar-refractivity contribution is 0.00444. The number of hydrogen-bond donors (Lipinski definition) is 1. The van der Waals surface area contributed by atoms with Crippen molar-refractivity contribution in [2.75, 3.05) is 105 Å². The number of methoxy groups -OCH3 is 1. The van der Waals surface area contributed by atoms with E-state index in [0.29, 0.717) is 79.3 Å². The highest BCUT2D eigenvalue weighted by molar-refractivity contribution is 6.00. The second kappa shape index (κ2) is 22.5. The maximum atomic E-state index is 8.94. The number of nitrogens with zero attached hydrogens (tertiary/aromatic N) is 1. The summed E-state index contributed by atoms with van der Waals surface area (Å²) < 4.78 is 40.1. The van der Waals surface area contributed by atoms with E-state index in [4.69, 9.17) is 38.3 Å². The van der Waals surface area contributed by atoms with E-state index in [1.54, 1.807) is 7.11 Å². The van der Waals surface area contributed by atoms with Crippen LogP contribution in [0.5, 0.6) is 5.75 Å². The summed E-state index contributed by atoms with van der Waals surface area (Å²) in [5.41, 5.74) is 14.7. The van der Waals surface area contributed by atoms with Gasteiger partial charge in [0, 0.05) is 21.2 Å². The molecule has 7 aromatic carbocycles. The van der Waals surface area contributed by atoms with Crippen molar-refractivity contribution in [2.45, 2.75) is 32.8 Å². The van der Waals surface area contributed by atoms with Crippen molar-refractivity contribution in [1.82, 2.24) is 0 Å². The molecule has 0 saturated carbocycles. The standard InChI is InChI=1S/C58H65NO8/c1-40-7-9-44-36-49-34-43(10-11-45(49)35-48(44)31-40)46-13-17-53-52-16-8-41(2)32-54(52)58(55(53)37-46,50-14-12-47(42(3)33-50)39-66-28-27-64-24-23-62-20-19-60)51-15-18-57(56(38-51)59(4)5)67-30-29-65-26-25-63-22-21-61-6/h7-18,31-38,60H,19-30,39H2,1-6H3. The van der Waals surface area contributed by atoms with E-state index in [-0.39, 0.29) is 6.61 Å². The molecule has 1 atom stereocenters. The first kappa shape index (κ1) is 47.9. The number of anilines is 1. The summed E-state index contributed by atoms with van der Waals surface area (Å²) in [6, 6.07) is 45.7. The fraction of sp³-hybridized carbons (Fsp3) is 0.345. The van der Waals surface area contributed by atoms with Gasteiger partial charge in [-0.1, -0.05) is 96.1 Å². The molecule has 9 heteroatoms. The molecule has 7 aromatic rings. The number of aliphatic hydroxyl groups excluding tert-OH is 1. The van der Waals surface area contributed by atoms with Crippen molar-refractivity contribution < 1.29 is 38.3 Å². The van der Waals surface area contributed by atoms with E-state index in [1.807, 2.05) is 0 Å². The first-order valence-electron chi connectivity index (χ1n) is 23.4. The Morgan fingerprint density at radius 2 is 1.03 bits per heavy atom. The van der Waals surface area contributed by atoms with Crippen LogP contribution in [-0.2, 0) is 40.4 Å². The summed E-state index contributed by atoms with van der Waals surface area (Å²) in [6.07, 6.45) is 0. The molecule has 9 nitrogen and oxygen atoms in total. The summed E-state index contributed by atoms with van der Waals surface area (Å²) in [4.78, 5) is 2.14. The highest BCUT2D eigenvalue weighted by Gasteiger charge is 2.47. The molecule has 67 heavy (non-hydrogen) atoms. The third-order valence-electron chi connectivity index (χ3n) is 12.8. The minimum atomic E-state index is -0.678. The van der Waals surface area contributed by atoms with E-state index in [0.717, 1.165) is 28.1 Å². The van der Waals surface area contributed by atoms with E-state index in [2.05, 4.69) is 161 Å². The molecular formula is C58H65NO8. The zero-order chi connectivity index (χ0) is 46.8. The van der Waals surface area contributed by atoms with Gasteiger partial charge in [0.2, 0.25) is 0 Å². The summed E-state index contributed by atoms with van der Waals surface area (Å²) in [6.45, 7) is 12.1. The molecule has 0 fully saturated rings. The topological polar surface area (TPSA) is 88.1 Å². The van der Waals surface area contributed by atoms with Gasteiger partial charge in [0.15, 0.2) is 0 Å². The predicted molar refractivity (Wildman–Crippen MR) is 270 cm³/mol. The monoisotopic (exact) mass is 903 g/mol. The first-order valence-corrected chi connectivity index (χ1v) is 23.4. The number of ether oxygens (including phenoxy) is 7. The van der Waals surface area contributed by atoms with Gasteiger partial charge in [0.05, 0.1) is 90.4 Å². The Morgan fingerprint density at radius 3 is 1.73 bits per heavy atom. The van der Waals surface area contributed by atoms with Crippen LogP contribution < -0.4 is 9.64 Å². The molecule has 0 aromatic heterocycles. The number of fused-ring (bicyclic) bond motifs is 5. The Labute approximate surface area is 396 Å². The molecule has 0 amide bonds. The molecule has 0 spiro atoms. The summed E-state index contributed by atoms with van der Waals surface area (Å²) in [7, 11) is 5.81. The number of benzene rings is 7. The average molecular weight is 904 g/mol. The zero-order valence-corrected chi connectivity index (χ0v) is 40.0. The normalized spacial score (nSPS) is 14.2. The van der Waals surface area contributed by atoms with Gasteiger partial charge in [-0.3, -0.25) is 0 Å². The minimum Gasteiger partial charge on any atom is -0.489 e. The van der Waals surface area contributed by atoms with Crippen LogP contribution in [-0.4, -0.2) is 106 Å². The lowest BCUT2D eigenvalue weighted by Gasteiger charge is -2.36. The Balaban J connectivity index is 1.19. The molecular weight excluding hydrogens is 839 g/mol. The van der Waals surface area contributed by atoms with Gasteiger partial charge in [-0.25, -0.2) is 0 Å². The van der Waals surface area contributed by atoms with Gasteiger partial charge >= 0.3 is 0 Å². The van der Waals surface area contributed by atoms with Crippen LogP contribution in [0.3, 0.4) is 0 Å². The average Bonchev–Trinajstić information content (AvgIpc) is 3.61. The van der Waals surface area contributed by atoms with Crippen LogP contribution in [0, 0.1) is 20.8 Å². The molecule has 0 saturated heterocycles. The van der Waals surface area contributed by atoms with Crippen LogP contribution in [0.2, 0.25) is 0 Å². The molecule has 0 radical (unpaired) electrons. The van der Waals surface area contributed by atoms with Gasteiger partial charge in [-0.05, 0) is 134 Å². The molecule has 1 aliphatic rings. The van der Waals surface area contributed by atoms with Crippen LogP contribution in [0.15, 0.2) is 121 Å². The molecule has 8 rings (SSSR count). The lowest BCUT2D eigenvalue weighted by atomic mass is 9.66. The van der Waals surface area contributed by atoms with Crippen molar-refractivity contribution in [3.05, 3.63) is 166 Å². The first-order chi connectivity index (χ1) is 32.7. The highest BCUT2D eigenvalue weighted by atomic mass is 16.6. The summed E-state index contributed by atoms with van der Waals surface area (Å²) >= 11 is 0. The number of aryl methyl sites for hydroxylation is 3. The second-order valence-corrected chi connectivity index (χ2v) is 17.6. The van der Waals surface area contributed by atoms with Crippen LogP contribution in [0.4, 0.5) is 5.69 Å². The largest absolute Gasteiger partial charge is 0.489 e. The Morgan fingerprint density at radius 1 is 0.478 bits per heavy atom. The highest BCUT2D eigenvalue weighted by Crippen LogP contribution is 2.58. The van der Waals surface area contributed by atoms with Crippen molar-refractivity contribution >= 4 is 27.2 Å². The van der Waals surface area contributed by atoms with Crippen LogP contribution in [0.1, 0.15) is 44.5 Å². The van der Waals surface area contributed by atoms with Crippen molar-refractivity contribution in [3.8, 4) is 28.0 Å². The zero-order valence-electron chi connectivity index (χ0n) is 40.0. The Bertz CT molecular complexity index is 2780. The van der Waals surface area contributed by atoms with Crippen LogP contribution >= 0.6 is 0 Å². The lowest BCUT2D eigenvalue weighted by Crippen LogP contribution is -2.29. The molecule has 1 unspecified atom stereocenters. The number of rotatable bonds is 24. The molecule has 0 aliphatic heterocycles. The fourth-order valence-electron chi connectivity index (χ4n) is 9.38. The Hall–Kier alpha value is -5.62. The summed E-state index contributed by atoms with van der Waals surface area (Å²) in [5, 5.41) is 13.9. The number of aliphatic hydroxyl groups is 1. The van der Waals surface area contributed by atoms with Crippen molar-refractivity contribution in [2.24, 2.45) is 0 Å².